The average molecular weight is 358 g/mol. The minimum atomic E-state index is -0.497. The number of ether oxygens (including phenoxy) is 2. The van der Waals surface area contributed by atoms with Crippen LogP contribution in [-0.4, -0.2) is 28.8 Å². The summed E-state index contributed by atoms with van der Waals surface area (Å²) >= 11 is 8.62. The Balaban J connectivity index is 2.41. The number of carbonyl (C=O) groups excluding carboxylic acids is 2. The van der Waals surface area contributed by atoms with Gasteiger partial charge in [0, 0.05) is 6.92 Å². The fourth-order valence-electron chi connectivity index (χ4n) is 1.70. The van der Waals surface area contributed by atoms with Gasteiger partial charge in [0.2, 0.25) is 5.12 Å². The largest absolute Gasteiger partial charge is 0.493 e. The summed E-state index contributed by atoms with van der Waals surface area (Å²) in [6, 6.07) is 3.21. The molecule has 0 saturated carbocycles. The molecule has 0 aliphatic carbocycles. The van der Waals surface area contributed by atoms with Crippen LogP contribution >= 0.6 is 35.1 Å². The van der Waals surface area contributed by atoms with Crippen LogP contribution in [0, 0.1) is 0 Å². The maximum atomic E-state index is 11.8. The first-order valence-electron chi connectivity index (χ1n) is 6.07. The molecule has 5 nitrogen and oxygen atoms in total. The minimum absolute atomic E-state index is 0.122. The second-order valence-electron chi connectivity index (χ2n) is 4.13. The van der Waals surface area contributed by atoms with Crippen molar-refractivity contribution in [2.45, 2.75) is 6.92 Å². The van der Waals surface area contributed by atoms with Crippen LogP contribution in [0.4, 0.5) is 0 Å². The highest BCUT2D eigenvalue weighted by Gasteiger charge is 2.22. The third kappa shape index (κ3) is 3.85. The number of hydrogen-bond donors (Lipinski definition) is 0. The lowest BCUT2D eigenvalue weighted by Gasteiger charge is -2.10. The molecule has 0 radical (unpaired) electrons. The van der Waals surface area contributed by atoms with Crippen molar-refractivity contribution in [3.63, 3.8) is 0 Å². The Kier molecular flexibility index (Phi) is 5.55. The van der Waals surface area contributed by atoms with E-state index in [9.17, 15) is 9.59 Å². The summed E-state index contributed by atoms with van der Waals surface area (Å²) in [6.45, 7) is 1.28. The van der Waals surface area contributed by atoms with Crippen LogP contribution in [0.2, 0.25) is 5.02 Å². The molecule has 0 fully saturated rings. The van der Waals surface area contributed by atoms with E-state index < -0.39 is 5.97 Å². The maximum Gasteiger partial charge on any atom is 0.308 e. The van der Waals surface area contributed by atoms with Gasteiger partial charge in [-0.25, -0.2) is 4.99 Å². The third-order valence-corrected chi connectivity index (χ3v) is 4.71. The van der Waals surface area contributed by atoms with Crippen molar-refractivity contribution >= 4 is 56.7 Å². The van der Waals surface area contributed by atoms with Crippen molar-refractivity contribution in [1.82, 2.24) is 0 Å². The van der Waals surface area contributed by atoms with Crippen molar-refractivity contribution in [3.05, 3.63) is 28.4 Å². The number of aliphatic imine (C=N–C) groups is 1. The molecule has 1 aliphatic heterocycles. The Hall–Kier alpha value is -1.44. The summed E-state index contributed by atoms with van der Waals surface area (Å²) in [4.78, 5) is 27.2. The fraction of sp³-hybridized carbons (Fsp3) is 0.214. The molecule has 8 heteroatoms. The van der Waals surface area contributed by atoms with E-state index in [4.69, 9.17) is 21.1 Å². The predicted octanol–water partition coefficient (Wildman–Crippen LogP) is 3.61. The monoisotopic (exact) mass is 357 g/mol. The van der Waals surface area contributed by atoms with Gasteiger partial charge in [-0.2, -0.15) is 0 Å². The van der Waals surface area contributed by atoms with Crippen LogP contribution in [0.5, 0.6) is 11.5 Å². The van der Waals surface area contributed by atoms with Gasteiger partial charge in [0.05, 0.1) is 12.1 Å². The van der Waals surface area contributed by atoms with Gasteiger partial charge < -0.3 is 9.47 Å². The molecule has 1 heterocycles. The number of esters is 1. The molecule has 0 N–H and O–H groups in total. The molecule has 0 bridgehead atoms. The standard InChI is InChI=1S/C14H12ClNO4S2/c1-7(17)20-12-9(15)4-8(6-11(12)19-2)5-10-13(18)22-14(16-10)21-3/h4-6H,1-3H3/b10-5-. The van der Waals surface area contributed by atoms with Crippen LogP contribution in [0.25, 0.3) is 6.08 Å². The van der Waals surface area contributed by atoms with Crippen molar-refractivity contribution in [2.24, 2.45) is 4.99 Å². The number of hydrogen-bond acceptors (Lipinski definition) is 7. The minimum Gasteiger partial charge on any atom is -0.493 e. The normalized spacial score (nSPS) is 15.9. The molecule has 2 rings (SSSR count). The second-order valence-corrected chi connectivity index (χ2v) is 6.55. The van der Waals surface area contributed by atoms with Crippen molar-refractivity contribution in [2.75, 3.05) is 13.4 Å². The van der Waals surface area contributed by atoms with Gasteiger partial charge in [-0.3, -0.25) is 9.59 Å². The maximum absolute atomic E-state index is 11.8. The molecular formula is C14H12ClNO4S2. The van der Waals surface area contributed by atoms with E-state index in [0.29, 0.717) is 21.4 Å². The Morgan fingerprint density at radius 1 is 1.45 bits per heavy atom. The highest BCUT2D eigenvalue weighted by molar-refractivity contribution is 8.45. The number of thioether (sulfide) groups is 2. The average Bonchev–Trinajstić information content (AvgIpc) is 2.81. The summed E-state index contributed by atoms with van der Waals surface area (Å²) in [5.41, 5.74) is 0.973. The molecule has 0 unspecified atom stereocenters. The highest BCUT2D eigenvalue weighted by atomic mass is 35.5. The topological polar surface area (TPSA) is 65.0 Å². The molecule has 22 heavy (non-hydrogen) atoms. The van der Waals surface area contributed by atoms with E-state index in [1.165, 1.54) is 25.8 Å². The second kappa shape index (κ2) is 7.21. The van der Waals surface area contributed by atoms with Crippen molar-refractivity contribution in [1.29, 1.82) is 0 Å². The van der Waals surface area contributed by atoms with Crippen LogP contribution in [-0.2, 0) is 9.59 Å². The van der Waals surface area contributed by atoms with Gasteiger partial charge in [0.25, 0.3) is 0 Å². The lowest BCUT2D eigenvalue weighted by molar-refractivity contribution is -0.132. The molecular weight excluding hydrogens is 346 g/mol. The molecule has 0 atom stereocenters. The van der Waals surface area contributed by atoms with Crippen LogP contribution in [0.1, 0.15) is 12.5 Å². The number of carbonyl (C=O) groups is 2. The first-order chi connectivity index (χ1) is 10.4. The molecule has 1 aliphatic rings. The summed E-state index contributed by atoms with van der Waals surface area (Å²) < 4.78 is 10.9. The molecule has 0 aromatic heterocycles. The Morgan fingerprint density at radius 3 is 2.73 bits per heavy atom. The number of rotatable bonds is 3. The van der Waals surface area contributed by atoms with E-state index in [1.807, 2.05) is 6.26 Å². The summed E-state index contributed by atoms with van der Waals surface area (Å²) in [5, 5.41) is 0.0945. The summed E-state index contributed by atoms with van der Waals surface area (Å²) in [5.74, 6) is -0.0381. The summed E-state index contributed by atoms with van der Waals surface area (Å²) in [6.07, 6.45) is 3.47. The van der Waals surface area contributed by atoms with E-state index in [2.05, 4.69) is 4.99 Å². The van der Waals surface area contributed by atoms with Gasteiger partial charge in [0.15, 0.2) is 11.5 Å². The van der Waals surface area contributed by atoms with Gasteiger partial charge in [-0.1, -0.05) is 11.6 Å². The zero-order chi connectivity index (χ0) is 16.3. The zero-order valence-electron chi connectivity index (χ0n) is 12.0. The van der Waals surface area contributed by atoms with Gasteiger partial charge in [-0.05, 0) is 41.8 Å². The number of methoxy groups -OCH3 is 1. The zero-order valence-corrected chi connectivity index (χ0v) is 14.4. The lowest BCUT2D eigenvalue weighted by atomic mass is 10.1. The molecule has 0 amide bonds. The Bertz CT molecular complexity index is 700. The molecule has 1 aromatic carbocycles. The first-order valence-corrected chi connectivity index (χ1v) is 8.49. The molecule has 1 aromatic rings. The van der Waals surface area contributed by atoms with Crippen LogP contribution in [0.3, 0.4) is 0 Å². The van der Waals surface area contributed by atoms with Crippen LogP contribution in [0.15, 0.2) is 22.8 Å². The summed E-state index contributed by atoms with van der Waals surface area (Å²) in [7, 11) is 1.44. The Morgan fingerprint density at radius 2 is 2.18 bits per heavy atom. The fourth-order valence-corrected chi connectivity index (χ4v) is 3.22. The number of nitrogens with zero attached hydrogens (tertiary/aromatic N) is 1. The first kappa shape index (κ1) is 16.9. The highest BCUT2D eigenvalue weighted by Crippen LogP contribution is 2.38. The van der Waals surface area contributed by atoms with E-state index in [1.54, 1.807) is 18.2 Å². The smallest absolute Gasteiger partial charge is 0.308 e. The molecule has 0 saturated heterocycles. The number of halogens is 1. The molecule has 116 valence electrons. The van der Waals surface area contributed by atoms with Crippen molar-refractivity contribution < 1.29 is 19.1 Å². The van der Waals surface area contributed by atoms with E-state index >= 15 is 0 Å². The van der Waals surface area contributed by atoms with Gasteiger partial charge >= 0.3 is 5.97 Å². The predicted molar refractivity (Wildman–Crippen MR) is 90.8 cm³/mol. The third-order valence-electron chi connectivity index (χ3n) is 2.58. The van der Waals surface area contributed by atoms with E-state index in [-0.39, 0.29) is 15.9 Å². The quantitative estimate of drug-likeness (QED) is 0.468. The van der Waals surface area contributed by atoms with Gasteiger partial charge in [-0.15, -0.1) is 11.8 Å². The number of benzene rings is 1. The van der Waals surface area contributed by atoms with Crippen LogP contribution < -0.4 is 9.47 Å². The van der Waals surface area contributed by atoms with Crippen molar-refractivity contribution in [3.8, 4) is 11.5 Å². The SMILES string of the molecule is COc1cc(/C=C2\N=C(SC)SC2=O)cc(Cl)c1OC(C)=O. The Labute approximate surface area is 141 Å². The molecule has 0 spiro atoms. The van der Waals surface area contributed by atoms with E-state index in [0.717, 1.165) is 11.8 Å². The van der Waals surface area contributed by atoms with Gasteiger partial charge in [0.1, 0.15) is 10.1 Å². The lowest BCUT2D eigenvalue weighted by Crippen LogP contribution is -2.04.